The molecule has 0 aromatic heterocycles. The van der Waals surface area contributed by atoms with Gasteiger partial charge >= 0.3 is 5.97 Å². The number of carbonyl (C=O) groups is 2. The molecule has 0 heterocycles. The number of nitrogens with one attached hydrogen (secondary N) is 1. The topological polar surface area (TPSA) is 129 Å². The van der Waals surface area contributed by atoms with Gasteiger partial charge in [-0.3, -0.25) is 14.9 Å². The van der Waals surface area contributed by atoms with Crippen LogP contribution in [0, 0.1) is 10.1 Å². The van der Waals surface area contributed by atoms with Gasteiger partial charge in [0.25, 0.3) is 11.6 Å². The van der Waals surface area contributed by atoms with Crippen LogP contribution in [0.1, 0.15) is 47.7 Å². The predicted octanol–water partition coefficient (Wildman–Crippen LogP) is 4.87. The van der Waals surface area contributed by atoms with Crippen LogP contribution in [-0.2, 0) is 4.79 Å². The molecule has 37 heavy (non-hydrogen) atoms. The van der Waals surface area contributed by atoms with E-state index < -0.39 is 16.8 Å². The first kappa shape index (κ1) is 26.9. The molecule has 3 rings (SSSR count). The zero-order valence-corrected chi connectivity index (χ0v) is 20.7. The molecule has 3 aromatic rings. The highest BCUT2D eigenvalue weighted by Crippen LogP contribution is 2.28. The van der Waals surface area contributed by atoms with E-state index in [1.165, 1.54) is 49.2 Å². The van der Waals surface area contributed by atoms with Crippen LogP contribution in [0.4, 0.5) is 5.69 Å². The molecule has 1 amide bonds. The van der Waals surface area contributed by atoms with Crippen LogP contribution in [0.3, 0.4) is 0 Å². The van der Waals surface area contributed by atoms with Crippen molar-refractivity contribution in [3.63, 3.8) is 0 Å². The summed E-state index contributed by atoms with van der Waals surface area (Å²) in [7, 11) is 1.41. The van der Waals surface area contributed by atoms with Gasteiger partial charge < -0.3 is 14.2 Å². The third kappa shape index (κ3) is 7.63. The lowest BCUT2D eigenvalue weighted by molar-refractivity contribution is -0.384. The molecular weight excluding hydrogens is 478 g/mol. The van der Waals surface area contributed by atoms with Crippen molar-refractivity contribution in [2.45, 2.75) is 26.2 Å². The first-order valence-corrected chi connectivity index (χ1v) is 11.5. The van der Waals surface area contributed by atoms with E-state index in [4.69, 9.17) is 14.2 Å². The van der Waals surface area contributed by atoms with Gasteiger partial charge in [0, 0.05) is 12.1 Å². The van der Waals surface area contributed by atoms with E-state index in [2.05, 4.69) is 24.4 Å². The number of ether oxygens (including phenoxy) is 3. The minimum absolute atomic E-state index is 0.132. The van der Waals surface area contributed by atoms with Crippen LogP contribution in [0.2, 0.25) is 0 Å². The van der Waals surface area contributed by atoms with E-state index in [-0.39, 0.29) is 29.4 Å². The Morgan fingerprint density at radius 3 is 2.38 bits per heavy atom. The monoisotopic (exact) mass is 505 g/mol. The van der Waals surface area contributed by atoms with Crippen molar-refractivity contribution in [2.24, 2.45) is 5.10 Å². The molecule has 192 valence electrons. The molecule has 0 aliphatic rings. The van der Waals surface area contributed by atoms with Gasteiger partial charge in [-0.1, -0.05) is 26.0 Å². The maximum Gasteiger partial charge on any atom is 0.343 e. The Labute approximate surface area is 214 Å². The minimum Gasteiger partial charge on any atom is -0.493 e. The number of carbonyl (C=O) groups excluding carboxylic acids is 2. The fourth-order valence-corrected chi connectivity index (χ4v) is 3.22. The summed E-state index contributed by atoms with van der Waals surface area (Å²) in [5, 5.41) is 14.7. The van der Waals surface area contributed by atoms with Gasteiger partial charge in [0.15, 0.2) is 18.1 Å². The summed E-state index contributed by atoms with van der Waals surface area (Å²) < 4.78 is 16.1. The maximum absolute atomic E-state index is 12.4. The van der Waals surface area contributed by atoms with Crippen molar-refractivity contribution in [3.05, 3.63) is 93.5 Å². The van der Waals surface area contributed by atoms with Gasteiger partial charge in [-0.05, 0) is 65.9 Å². The largest absolute Gasteiger partial charge is 0.493 e. The molecule has 0 saturated heterocycles. The number of esters is 1. The first-order chi connectivity index (χ1) is 17.8. The average molecular weight is 506 g/mol. The number of nitro benzene ring substituents is 1. The van der Waals surface area contributed by atoms with Crippen molar-refractivity contribution in [2.75, 3.05) is 13.7 Å². The molecule has 0 aliphatic heterocycles. The molecule has 0 fully saturated rings. The van der Waals surface area contributed by atoms with Gasteiger partial charge in [-0.2, -0.15) is 5.10 Å². The summed E-state index contributed by atoms with van der Waals surface area (Å²) in [5.74, 6) is 0.338. The second-order valence-electron chi connectivity index (χ2n) is 8.06. The number of nitro groups is 1. The Balaban J connectivity index is 1.53. The van der Waals surface area contributed by atoms with Crippen molar-refractivity contribution >= 4 is 23.8 Å². The number of rotatable bonds is 11. The number of methoxy groups -OCH3 is 1. The molecule has 1 N–H and O–H groups in total. The van der Waals surface area contributed by atoms with Crippen molar-refractivity contribution in [3.8, 4) is 17.2 Å². The predicted molar refractivity (Wildman–Crippen MR) is 137 cm³/mol. The highest BCUT2D eigenvalue weighted by atomic mass is 16.6. The lowest BCUT2D eigenvalue weighted by Gasteiger charge is -2.10. The lowest BCUT2D eigenvalue weighted by atomic mass is 9.99. The Kier molecular flexibility index (Phi) is 9.31. The highest BCUT2D eigenvalue weighted by molar-refractivity contribution is 5.92. The second kappa shape index (κ2) is 12.8. The van der Waals surface area contributed by atoms with Crippen LogP contribution in [-0.4, -0.2) is 36.7 Å². The SMILES string of the molecule is CCC(C)c1ccc(OCC(=O)NN=Cc2ccc(OC(=O)c3ccc([N+](=O)[O-])cc3)c(OC)c2)cc1. The van der Waals surface area contributed by atoms with Gasteiger partial charge in [-0.25, -0.2) is 10.2 Å². The van der Waals surface area contributed by atoms with Crippen LogP contribution in [0.25, 0.3) is 0 Å². The summed E-state index contributed by atoms with van der Waals surface area (Å²) in [6, 6.07) is 17.4. The smallest absolute Gasteiger partial charge is 0.343 e. The van der Waals surface area contributed by atoms with E-state index in [1.807, 2.05) is 24.3 Å². The van der Waals surface area contributed by atoms with Crippen LogP contribution in [0.5, 0.6) is 17.2 Å². The number of nitrogens with zero attached hydrogens (tertiary/aromatic N) is 2. The molecule has 0 spiro atoms. The van der Waals surface area contributed by atoms with E-state index in [0.717, 1.165) is 6.42 Å². The summed E-state index contributed by atoms with van der Waals surface area (Å²) in [4.78, 5) is 34.6. The Bertz CT molecular complexity index is 1270. The number of non-ortho nitro benzene ring substituents is 1. The van der Waals surface area contributed by atoms with Crippen LogP contribution in [0.15, 0.2) is 71.8 Å². The van der Waals surface area contributed by atoms with Crippen molar-refractivity contribution in [1.82, 2.24) is 5.43 Å². The first-order valence-electron chi connectivity index (χ1n) is 11.5. The number of benzene rings is 3. The van der Waals surface area contributed by atoms with Crippen LogP contribution >= 0.6 is 0 Å². The summed E-state index contributed by atoms with van der Waals surface area (Å²) in [6.07, 6.45) is 2.45. The third-order valence-electron chi connectivity index (χ3n) is 5.54. The third-order valence-corrected chi connectivity index (χ3v) is 5.54. The number of amides is 1. The zero-order chi connectivity index (χ0) is 26.8. The molecule has 3 aromatic carbocycles. The van der Waals surface area contributed by atoms with E-state index >= 15 is 0 Å². The number of hydrogen-bond donors (Lipinski definition) is 1. The minimum atomic E-state index is -0.698. The second-order valence-corrected chi connectivity index (χ2v) is 8.06. The zero-order valence-electron chi connectivity index (χ0n) is 20.7. The Morgan fingerprint density at radius 1 is 1.05 bits per heavy atom. The fraction of sp³-hybridized carbons (Fsp3) is 0.222. The standard InChI is InChI=1S/C27H27N3O7/c1-4-18(2)20-8-12-23(13-9-20)36-17-26(31)29-28-16-19-5-14-24(25(15-19)35-3)37-27(32)21-6-10-22(11-7-21)30(33)34/h5-16,18H,4,17H2,1-3H3,(H,29,31). The van der Waals surface area contributed by atoms with Gasteiger partial charge in [0.05, 0.1) is 23.8 Å². The van der Waals surface area contributed by atoms with Crippen molar-refractivity contribution < 1.29 is 28.7 Å². The Morgan fingerprint density at radius 2 is 1.76 bits per heavy atom. The maximum atomic E-state index is 12.4. The average Bonchev–Trinajstić information content (AvgIpc) is 2.92. The molecule has 10 nitrogen and oxygen atoms in total. The fourth-order valence-electron chi connectivity index (χ4n) is 3.22. The van der Waals surface area contributed by atoms with Gasteiger partial charge in [0.1, 0.15) is 5.75 Å². The van der Waals surface area contributed by atoms with E-state index in [9.17, 15) is 19.7 Å². The molecule has 0 bridgehead atoms. The molecule has 1 atom stereocenters. The summed E-state index contributed by atoms with van der Waals surface area (Å²) in [5.41, 5.74) is 4.20. The quantitative estimate of drug-likeness (QED) is 0.129. The molecule has 0 radical (unpaired) electrons. The van der Waals surface area contributed by atoms with Crippen molar-refractivity contribution in [1.29, 1.82) is 0 Å². The van der Waals surface area contributed by atoms with E-state index in [0.29, 0.717) is 17.2 Å². The highest BCUT2D eigenvalue weighted by Gasteiger charge is 2.14. The van der Waals surface area contributed by atoms with Gasteiger partial charge in [-0.15, -0.1) is 0 Å². The van der Waals surface area contributed by atoms with Gasteiger partial charge in [0.2, 0.25) is 0 Å². The van der Waals surface area contributed by atoms with Crippen LogP contribution < -0.4 is 19.6 Å². The summed E-state index contributed by atoms with van der Waals surface area (Å²) >= 11 is 0. The molecule has 10 heteroatoms. The lowest BCUT2D eigenvalue weighted by Crippen LogP contribution is -2.24. The van der Waals surface area contributed by atoms with E-state index in [1.54, 1.807) is 12.1 Å². The number of hydrazone groups is 1. The molecule has 0 saturated carbocycles. The normalized spacial score (nSPS) is 11.5. The summed E-state index contributed by atoms with van der Waals surface area (Å²) in [6.45, 7) is 4.09. The Hall–Kier alpha value is -4.73. The molecular formula is C27H27N3O7. The molecule has 0 aliphatic carbocycles. The number of hydrogen-bond acceptors (Lipinski definition) is 8. The molecule has 1 unspecified atom stereocenters.